The van der Waals surface area contributed by atoms with Gasteiger partial charge in [0.2, 0.25) is 0 Å². The molecule has 0 saturated heterocycles. The Balaban J connectivity index is 2.06. The first-order valence-electron chi connectivity index (χ1n) is 6.13. The lowest BCUT2D eigenvalue weighted by molar-refractivity contribution is 0.200. The smallest absolute Gasteiger partial charge is 0.410 e. The molecule has 1 amide bonds. The van der Waals surface area contributed by atoms with E-state index in [1.54, 1.807) is 6.07 Å². The molecule has 0 radical (unpaired) electrons. The number of rotatable bonds is 5. The van der Waals surface area contributed by atoms with Gasteiger partial charge in [-0.2, -0.15) is 0 Å². The molecule has 0 fully saturated rings. The minimum absolute atomic E-state index is 0.441. The van der Waals surface area contributed by atoms with Gasteiger partial charge in [-0.25, -0.2) is 4.79 Å². The van der Waals surface area contributed by atoms with Crippen molar-refractivity contribution in [3.63, 3.8) is 0 Å². The molecule has 6 heteroatoms. The van der Waals surface area contributed by atoms with Crippen LogP contribution in [0.5, 0.6) is 5.75 Å². The quantitative estimate of drug-likeness (QED) is 0.853. The molecule has 100 valence electrons. The third-order valence-corrected chi connectivity index (χ3v) is 3.03. The molecule has 0 spiro atoms. The van der Waals surface area contributed by atoms with Gasteiger partial charge in [-0.15, -0.1) is 5.10 Å². The third kappa shape index (κ3) is 3.75. The minimum Gasteiger partial charge on any atom is -0.410 e. The maximum atomic E-state index is 11.6. The molecule has 0 aliphatic carbocycles. The molecule has 0 aliphatic rings. The Morgan fingerprint density at radius 1 is 1.42 bits per heavy atom. The summed E-state index contributed by atoms with van der Waals surface area (Å²) in [5.74, 6) is 0.490. The average Bonchev–Trinajstić information content (AvgIpc) is 2.93. The van der Waals surface area contributed by atoms with Crippen LogP contribution in [-0.4, -0.2) is 22.2 Å². The molecular weight excluding hydrogens is 262 g/mol. The van der Waals surface area contributed by atoms with E-state index in [0.29, 0.717) is 18.0 Å². The fraction of sp³-hybridized carbons (Fsp3) is 0.308. The van der Waals surface area contributed by atoms with Gasteiger partial charge in [0.15, 0.2) is 0 Å². The van der Waals surface area contributed by atoms with Crippen LogP contribution in [0.2, 0.25) is 0 Å². The number of benzene rings is 1. The maximum Gasteiger partial charge on any atom is 0.412 e. The lowest BCUT2D eigenvalue weighted by atomic mass is 10.1. The molecular formula is C13H15N3O2S. The lowest BCUT2D eigenvalue weighted by Gasteiger charge is -2.09. The highest BCUT2D eigenvalue weighted by atomic mass is 32.1. The Hall–Kier alpha value is -1.95. The van der Waals surface area contributed by atoms with E-state index < -0.39 is 6.09 Å². The van der Waals surface area contributed by atoms with Crippen molar-refractivity contribution in [3.8, 4) is 17.0 Å². The largest absolute Gasteiger partial charge is 0.412 e. The molecule has 5 nitrogen and oxygen atoms in total. The van der Waals surface area contributed by atoms with Crippen molar-refractivity contribution in [3.05, 3.63) is 29.6 Å². The van der Waals surface area contributed by atoms with Crippen LogP contribution in [0, 0.1) is 0 Å². The summed E-state index contributed by atoms with van der Waals surface area (Å²) in [6, 6.07) is 7.29. The maximum absolute atomic E-state index is 11.6. The Morgan fingerprint density at radius 3 is 3.00 bits per heavy atom. The Kier molecular flexibility index (Phi) is 4.85. The number of amides is 1. The van der Waals surface area contributed by atoms with Gasteiger partial charge in [0.25, 0.3) is 0 Å². The van der Waals surface area contributed by atoms with Gasteiger partial charge in [-0.1, -0.05) is 30.0 Å². The minimum atomic E-state index is -0.441. The molecule has 19 heavy (non-hydrogen) atoms. The summed E-state index contributed by atoms with van der Waals surface area (Å²) in [4.78, 5) is 11.6. The second-order valence-electron chi connectivity index (χ2n) is 3.96. The number of aromatic nitrogens is 2. The van der Waals surface area contributed by atoms with Crippen LogP contribution in [0.25, 0.3) is 11.3 Å². The molecule has 2 rings (SSSR count). The average molecular weight is 277 g/mol. The number of carbonyl (C=O) groups is 1. The molecule has 2 aromatic rings. The van der Waals surface area contributed by atoms with Gasteiger partial charge in [-0.05, 0) is 30.1 Å². The molecule has 0 unspecified atom stereocenters. The first-order valence-corrected chi connectivity index (χ1v) is 6.97. The summed E-state index contributed by atoms with van der Waals surface area (Å²) in [5, 5.41) is 8.51. The van der Waals surface area contributed by atoms with Gasteiger partial charge in [0.1, 0.15) is 11.4 Å². The van der Waals surface area contributed by atoms with Gasteiger partial charge >= 0.3 is 6.09 Å². The monoisotopic (exact) mass is 277 g/mol. The van der Waals surface area contributed by atoms with E-state index >= 15 is 0 Å². The topological polar surface area (TPSA) is 64.1 Å². The van der Waals surface area contributed by atoms with Crippen molar-refractivity contribution < 1.29 is 9.53 Å². The lowest BCUT2D eigenvalue weighted by Crippen LogP contribution is -2.27. The molecule has 0 atom stereocenters. The molecule has 0 bridgehead atoms. The standard InChI is InChI=1S/C13H15N3O2S/c1-2-3-8-14-13(17)18-12-7-5-4-6-10(12)11-9-19-16-15-11/h4-7,9H,2-3,8H2,1H3,(H,14,17). The first kappa shape index (κ1) is 13.5. The fourth-order valence-electron chi connectivity index (χ4n) is 1.55. The zero-order valence-corrected chi connectivity index (χ0v) is 11.4. The predicted molar refractivity (Wildman–Crippen MR) is 74.3 cm³/mol. The van der Waals surface area contributed by atoms with Crippen LogP contribution >= 0.6 is 11.5 Å². The molecule has 0 saturated carbocycles. The number of para-hydroxylation sites is 1. The number of nitrogens with one attached hydrogen (secondary N) is 1. The van der Waals surface area contributed by atoms with E-state index in [0.717, 1.165) is 18.4 Å². The van der Waals surface area contributed by atoms with E-state index in [1.165, 1.54) is 11.5 Å². The van der Waals surface area contributed by atoms with Crippen LogP contribution in [0.1, 0.15) is 19.8 Å². The summed E-state index contributed by atoms with van der Waals surface area (Å²) in [7, 11) is 0. The normalized spacial score (nSPS) is 10.2. The van der Waals surface area contributed by atoms with Gasteiger partial charge in [0.05, 0.1) is 0 Å². The van der Waals surface area contributed by atoms with Gasteiger partial charge in [0, 0.05) is 17.5 Å². The molecule has 1 aromatic carbocycles. The van der Waals surface area contributed by atoms with Crippen LogP contribution in [0.3, 0.4) is 0 Å². The Bertz CT molecular complexity index is 528. The van der Waals surface area contributed by atoms with Gasteiger partial charge in [-0.3, -0.25) is 0 Å². The zero-order chi connectivity index (χ0) is 13.5. The van der Waals surface area contributed by atoms with E-state index in [4.69, 9.17) is 4.74 Å². The van der Waals surface area contributed by atoms with E-state index in [1.807, 2.05) is 23.6 Å². The number of hydrogen-bond donors (Lipinski definition) is 1. The second-order valence-corrected chi connectivity index (χ2v) is 4.57. The van der Waals surface area contributed by atoms with Crippen molar-refractivity contribution in [2.45, 2.75) is 19.8 Å². The summed E-state index contributed by atoms with van der Waals surface area (Å²) in [6.07, 6.45) is 1.53. The highest BCUT2D eigenvalue weighted by Gasteiger charge is 2.11. The molecule has 1 aromatic heterocycles. The molecule has 1 heterocycles. The number of ether oxygens (including phenoxy) is 1. The first-order chi connectivity index (χ1) is 9.31. The highest BCUT2D eigenvalue weighted by molar-refractivity contribution is 7.03. The van der Waals surface area contributed by atoms with E-state index in [-0.39, 0.29) is 0 Å². The second kappa shape index (κ2) is 6.84. The van der Waals surface area contributed by atoms with Crippen LogP contribution in [0.4, 0.5) is 4.79 Å². The Morgan fingerprint density at radius 2 is 2.26 bits per heavy atom. The van der Waals surface area contributed by atoms with Crippen molar-refractivity contribution >= 4 is 17.6 Å². The van der Waals surface area contributed by atoms with Crippen molar-refractivity contribution in [1.29, 1.82) is 0 Å². The molecule has 1 N–H and O–H groups in total. The SMILES string of the molecule is CCCCNC(=O)Oc1ccccc1-c1csnn1. The van der Waals surface area contributed by atoms with E-state index in [2.05, 4.69) is 21.8 Å². The summed E-state index contributed by atoms with van der Waals surface area (Å²) < 4.78 is 9.12. The van der Waals surface area contributed by atoms with Crippen LogP contribution in [0.15, 0.2) is 29.6 Å². The summed E-state index contributed by atoms with van der Waals surface area (Å²) >= 11 is 1.26. The number of hydrogen-bond acceptors (Lipinski definition) is 5. The van der Waals surface area contributed by atoms with Crippen LogP contribution in [-0.2, 0) is 0 Å². The van der Waals surface area contributed by atoms with Crippen molar-refractivity contribution in [1.82, 2.24) is 14.9 Å². The van der Waals surface area contributed by atoms with Crippen molar-refractivity contribution in [2.75, 3.05) is 6.54 Å². The molecule has 0 aliphatic heterocycles. The summed E-state index contributed by atoms with van der Waals surface area (Å²) in [5.41, 5.74) is 1.48. The highest BCUT2D eigenvalue weighted by Crippen LogP contribution is 2.28. The number of unbranched alkanes of at least 4 members (excludes halogenated alkanes) is 1. The third-order valence-electron chi connectivity index (χ3n) is 2.53. The van der Waals surface area contributed by atoms with Crippen molar-refractivity contribution in [2.24, 2.45) is 0 Å². The fourth-order valence-corrected chi connectivity index (χ4v) is 2.01. The number of nitrogens with zero attached hydrogens (tertiary/aromatic N) is 2. The zero-order valence-electron chi connectivity index (χ0n) is 10.6. The van der Waals surface area contributed by atoms with E-state index in [9.17, 15) is 4.79 Å². The van der Waals surface area contributed by atoms with Gasteiger partial charge < -0.3 is 10.1 Å². The number of carbonyl (C=O) groups excluding carboxylic acids is 1. The van der Waals surface area contributed by atoms with Crippen LogP contribution < -0.4 is 10.1 Å². The predicted octanol–water partition coefficient (Wildman–Crippen LogP) is 3.09. The Labute approximate surface area is 115 Å². The summed E-state index contributed by atoms with van der Waals surface area (Å²) in [6.45, 7) is 2.69.